The molecule has 0 bridgehead atoms. The summed E-state index contributed by atoms with van der Waals surface area (Å²) >= 11 is 0. The van der Waals surface area contributed by atoms with Crippen LogP contribution in [-0.2, 0) is 14.3 Å². The average molecular weight is 296 g/mol. The number of quaternary nitrogens is 1. The van der Waals surface area contributed by atoms with Crippen molar-refractivity contribution in [3.8, 4) is 6.07 Å². The van der Waals surface area contributed by atoms with Crippen molar-refractivity contribution >= 4 is 11.9 Å². The van der Waals surface area contributed by atoms with Crippen molar-refractivity contribution < 1.29 is 19.2 Å². The number of methoxy groups -OCH3 is 1. The van der Waals surface area contributed by atoms with E-state index in [0.29, 0.717) is 6.54 Å². The van der Waals surface area contributed by atoms with E-state index in [0.717, 1.165) is 30.8 Å². The number of rotatable bonds is 5. The molecule has 1 fully saturated rings. The molecule has 0 spiro atoms. The fourth-order valence-corrected chi connectivity index (χ4v) is 2.47. The first-order valence-electron chi connectivity index (χ1n) is 7.46. The third-order valence-corrected chi connectivity index (χ3v) is 4.42. The first kappa shape index (κ1) is 17.4. The van der Waals surface area contributed by atoms with E-state index in [4.69, 9.17) is 4.74 Å². The molecule has 0 radical (unpaired) electrons. The summed E-state index contributed by atoms with van der Waals surface area (Å²) < 4.78 is 4.75. The molecule has 1 aliphatic rings. The van der Waals surface area contributed by atoms with Crippen molar-refractivity contribution in [2.75, 3.05) is 26.7 Å². The van der Waals surface area contributed by atoms with E-state index in [9.17, 15) is 14.9 Å². The molecule has 0 aromatic heterocycles. The molecular weight excluding hydrogens is 270 g/mol. The van der Waals surface area contributed by atoms with Crippen molar-refractivity contribution in [2.24, 2.45) is 11.8 Å². The zero-order valence-corrected chi connectivity index (χ0v) is 13.4. The largest absolute Gasteiger partial charge is 0.469 e. The monoisotopic (exact) mass is 296 g/mol. The first-order chi connectivity index (χ1) is 9.82. The van der Waals surface area contributed by atoms with Gasteiger partial charge >= 0.3 is 5.97 Å². The first-order valence-corrected chi connectivity index (χ1v) is 7.46. The van der Waals surface area contributed by atoms with Crippen LogP contribution in [0.5, 0.6) is 0 Å². The van der Waals surface area contributed by atoms with E-state index in [1.54, 1.807) is 6.92 Å². The van der Waals surface area contributed by atoms with Gasteiger partial charge in [-0.1, -0.05) is 13.8 Å². The maximum Gasteiger partial charge on any atom is 0.309 e. The third kappa shape index (κ3) is 4.71. The Kier molecular flexibility index (Phi) is 6.16. The summed E-state index contributed by atoms with van der Waals surface area (Å²) in [7, 11) is 1.41. The quantitative estimate of drug-likeness (QED) is 0.671. The summed E-state index contributed by atoms with van der Waals surface area (Å²) in [6, 6.07) is 2.17. The highest BCUT2D eigenvalue weighted by Crippen LogP contribution is 2.14. The molecule has 1 saturated heterocycles. The minimum atomic E-state index is -0.832. The van der Waals surface area contributed by atoms with Crippen LogP contribution in [0.15, 0.2) is 0 Å². The highest BCUT2D eigenvalue weighted by atomic mass is 16.5. The Hall–Kier alpha value is -1.61. The lowest BCUT2D eigenvalue weighted by molar-refractivity contribution is -0.897. The van der Waals surface area contributed by atoms with Gasteiger partial charge in [0.25, 0.3) is 5.91 Å². The second-order valence-corrected chi connectivity index (χ2v) is 6.24. The van der Waals surface area contributed by atoms with Crippen molar-refractivity contribution in [1.29, 1.82) is 5.26 Å². The van der Waals surface area contributed by atoms with Gasteiger partial charge in [0.1, 0.15) is 5.54 Å². The Labute approximate surface area is 126 Å². The lowest BCUT2D eigenvalue weighted by Gasteiger charge is -2.30. The Morgan fingerprint density at radius 1 is 1.43 bits per heavy atom. The number of amides is 1. The van der Waals surface area contributed by atoms with E-state index in [1.165, 1.54) is 7.11 Å². The molecule has 21 heavy (non-hydrogen) atoms. The van der Waals surface area contributed by atoms with Gasteiger partial charge < -0.3 is 15.0 Å². The average Bonchev–Trinajstić information content (AvgIpc) is 2.46. The van der Waals surface area contributed by atoms with E-state index in [2.05, 4.69) is 11.4 Å². The summed E-state index contributed by atoms with van der Waals surface area (Å²) in [4.78, 5) is 24.7. The van der Waals surface area contributed by atoms with Gasteiger partial charge in [-0.3, -0.25) is 9.59 Å². The molecule has 1 heterocycles. The molecule has 0 aromatic rings. The van der Waals surface area contributed by atoms with Crippen molar-refractivity contribution in [3.63, 3.8) is 0 Å². The number of nitriles is 1. The molecule has 2 N–H and O–H groups in total. The lowest BCUT2D eigenvalue weighted by atomic mass is 9.90. The van der Waals surface area contributed by atoms with Crippen LogP contribution in [0.2, 0.25) is 0 Å². The Balaban J connectivity index is 2.44. The number of carbonyl (C=O) groups is 2. The number of hydrogen-bond acceptors (Lipinski definition) is 4. The molecule has 6 nitrogen and oxygen atoms in total. The SMILES string of the molecule is COC(=O)C1CC[NH+](CC(=O)N[C@@](C)(C#N)C(C)C)CC1. The highest BCUT2D eigenvalue weighted by Gasteiger charge is 2.33. The summed E-state index contributed by atoms with van der Waals surface area (Å²) in [5.74, 6) is -0.261. The fourth-order valence-electron chi connectivity index (χ4n) is 2.47. The molecule has 6 heteroatoms. The van der Waals surface area contributed by atoms with Gasteiger partial charge in [0, 0.05) is 12.8 Å². The molecule has 1 aliphatic heterocycles. The normalized spacial score (nSPS) is 24.8. The van der Waals surface area contributed by atoms with Crippen molar-refractivity contribution in [1.82, 2.24) is 5.32 Å². The van der Waals surface area contributed by atoms with Crippen LogP contribution in [-0.4, -0.2) is 44.2 Å². The second-order valence-electron chi connectivity index (χ2n) is 6.24. The number of hydrogen-bond donors (Lipinski definition) is 2. The van der Waals surface area contributed by atoms with Gasteiger partial charge in [0.05, 0.1) is 32.2 Å². The van der Waals surface area contributed by atoms with Gasteiger partial charge in [0.2, 0.25) is 0 Å². The number of carbonyl (C=O) groups excluding carboxylic acids is 2. The van der Waals surface area contributed by atoms with Gasteiger partial charge in [-0.15, -0.1) is 0 Å². The maximum absolute atomic E-state index is 12.1. The van der Waals surface area contributed by atoms with Crippen molar-refractivity contribution in [2.45, 2.75) is 39.2 Å². The van der Waals surface area contributed by atoms with Gasteiger partial charge in [-0.2, -0.15) is 5.26 Å². The van der Waals surface area contributed by atoms with Crippen LogP contribution in [0.25, 0.3) is 0 Å². The third-order valence-electron chi connectivity index (χ3n) is 4.42. The predicted octanol–water partition coefficient (Wildman–Crippen LogP) is -0.491. The van der Waals surface area contributed by atoms with E-state index < -0.39 is 5.54 Å². The van der Waals surface area contributed by atoms with E-state index in [-0.39, 0.29) is 23.7 Å². The van der Waals surface area contributed by atoms with Crippen LogP contribution in [0.1, 0.15) is 33.6 Å². The topological polar surface area (TPSA) is 83.6 Å². The summed E-state index contributed by atoms with van der Waals surface area (Å²) in [5, 5.41) is 12.0. The molecule has 0 saturated carbocycles. The maximum atomic E-state index is 12.1. The summed E-state index contributed by atoms with van der Waals surface area (Å²) in [5.41, 5.74) is -0.832. The zero-order chi connectivity index (χ0) is 16.0. The summed E-state index contributed by atoms with van der Waals surface area (Å²) in [6.45, 7) is 7.47. The molecule has 0 aromatic carbocycles. The molecule has 1 rings (SSSR count). The van der Waals surface area contributed by atoms with Crippen LogP contribution < -0.4 is 10.2 Å². The molecule has 1 atom stereocenters. The Bertz CT molecular complexity index is 422. The highest BCUT2D eigenvalue weighted by molar-refractivity contribution is 5.78. The Morgan fingerprint density at radius 3 is 2.43 bits per heavy atom. The summed E-state index contributed by atoms with van der Waals surface area (Å²) in [6.07, 6.45) is 1.49. The van der Waals surface area contributed by atoms with Gasteiger partial charge in [-0.25, -0.2) is 0 Å². The number of ether oxygens (including phenoxy) is 1. The second kappa shape index (κ2) is 7.41. The van der Waals surface area contributed by atoms with Crippen LogP contribution in [0.4, 0.5) is 0 Å². The Morgan fingerprint density at radius 2 is 2.00 bits per heavy atom. The number of likely N-dealkylation sites (tertiary alicyclic amines) is 1. The molecule has 118 valence electrons. The van der Waals surface area contributed by atoms with Gasteiger partial charge in [0.15, 0.2) is 6.54 Å². The van der Waals surface area contributed by atoms with Crippen LogP contribution in [0.3, 0.4) is 0 Å². The molecule has 0 unspecified atom stereocenters. The van der Waals surface area contributed by atoms with E-state index in [1.807, 2.05) is 13.8 Å². The lowest BCUT2D eigenvalue weighted by Crippen LogP contribution is -3.14. The fraction of sp³-hybridized carbons (Fsp3) is 0.800. The molecule has 1 amide bonds. The number of nitrogens with zero attached hydrogens (tertiary/aromatic N) is 1. The van der Waals surface area contributed by atoms with Crippen LogP contribution >= 0.6 is 0 Å². The smallest absolute Gasteiger partial charge is 0.309 e. The predicted molar refractivity (Wildman–Crippen MR) is 77.3 cm³/mol. The zero-order valence-electron chi connectivity index (χ0n) is 13.4. The molecular formula is C15H26N3O3+. The minimum absolute atomic E-state index is 0.0400. The minimum Gasteiger partial charge on any atom is -0.469 e. The van der Waals surface area contributed by atoms with Crippen molar-refractivity contribution in [3.05, 3.63) is 0 Å². The number of piperidine rings is 1. The number of esters is 1. The standard InChI is InChI=1S/C15H25N3O3/c1-11(2)15(3,10-16)17-13(19)9-18-7-5-12(6-8-18)14(20)21-4/h11-12H,5-9H2,1-4H3,(H,17,19)/p+1/t15-/m0/s1. The molecule has 0 aliphatic carbocycles. The number of nitrogens with one attached hydrogen (secondary N) is 2. The van der Waals surface area contributed by atoms with Crippen LogP contribution in [0, 0.1) is 23.2 Å². The van der Waals surface area contributed by atoms with Gasteiger partial charge in [-0.05, 0) is 12.8 Å². The van der Waals surface area contributed by atoms with E-state index >= 15 is 0 Å².